The predicted octanol–water partition coefficient (Wildman–Crippen LogP) is 1.92. The van der Waals surface area contributed by atoms with Crippen molar-refractivity contribution in [3.8, 4) is 0 Å². The van der Waals surface area contributed by atoms with Crippen molar-refractivity contribution in [1.29, 1.82) is 0 Å². The molecule has 2 heterocycles. The number of nitrogens with zero attached hydrogens (tertiary/aromatic N) is 1. The zero-order valence-electron chi connectivity index (χ0n) is 14.1. The van der Waals surface area contributed by atoms with Gasteiger partial charge in [-0.05, 0) is 42.9 Å². The van der Waals surface area contributed by atoms with Crippen molar-refractivity contribution in [2.45, 2.75) is 31.6 Å². The molecular weight excluding hydrogens is 342 g/mol. The first-order chi connectivity index (χ1) is 11.8. The summed E-state index contributed by atoms with van der Waals surface area (Å²) < 4.78 is 22.9. The highest BCUT2D eigenvalue weighted by atomic mass is 32.2. The molecule has 2 saturated heterocycles. The molecule has 0 aliphatic carbocycles. The van der Waals surface area contributed by atoms with Crippen LogP contribution in [0.2, 0.25) is 0 Å². The zero-order valence-corrected chi connectivity index (χ0v) is 14.9. The standard InChI is InChI=1S/C18H23NO5S/c20-17(11-13-6-9-25(23,24)10-7-13)19-8-5-16(12-19)14-1-3-15(4-2-14)18(21)22/h1-4,13,16H,5-12H2,(H,21,22). The van der Waals surface area contributed by atoms with E-state index in [9.17, 15) is 18.0 Å². The summed E-state index contributed by atoms with van der Waals surface area (Å²) in [5.74, 6) is -0.0332. The van der Waals surface area contributed by atoms with Gasteiger partial charge in [0, 0.05) is 25.4 Å². The Labute approximate surface area is 147 Å². The summed E-state index contributed by atoms with van der Waals surface area (Å²) >= 11 is 0. The van der Waals surface area contributed by atoms with Crippen molar-refractivity contribution in [3.05, 3.63) is 35.4 Å². The van der Waals surface area contributed by atoms with E-state index in [0.717, 1.165) is 12.0 Å². The molecular formula is C18H23NO5S. The van der Waals surface area contributed by atoms with Crippen LogP contribution in [0.4, 0.5) is 0 Å². The van der Waals surface area contributed by atoms with Crippen LogP contribution < -0.4 is 0 Å². The number of sulfone groups is 1. The number of carbonyl (C=O) groups is 2. The first-order valence-corrected chi connectivity index (χ1v) is 10.5. The first-order valence-electron chi connectivity index (χ1n) is 8.65. The van der Waals surface area contributed by atoms with Crippen molar-refractivity contribution < 1.29 is 23.1 Å². The van der Waals surface area contributed by atoms with Crippen LogP contribution >= 0.6 is 0 Å². The first kappa shape index (κ1) is 17.9. The SMILES string of the molecule is O=C(O)c1ccc(C2CCN(C(=O)CC3CCS(=O)(=O)CC3)C2)cc1. The smallest absolute Gasteiger partial charge is 0.335 e. The molecule has 0 bridgehead atoms. The molecule has 1 amide bonds. The van der Waals surface area contributed by atoms with Gasteiger partial charge in [0.05, 0.1) is 17.1 Å². The number of hydrogen-bond acceptors (Lipinski definition) is 4. The van der Waals surface area contributed by atoms with Gasteiger partial charge in [-0.15, -0.1) is 0 Å². The van der Waals surface area contributed by atoms with Gasteiger partial charge >= 0.3 is 5.97 Å². The average Bonchev–Trinajstić information content (AvgIpc) is 3.07. The number of hydrogen-bond donors (Lipinski definition) is 1. The second-order valence-corrected chi connectivity index (χ2v) is 9.36. The van der Waals surface area contributed by atoms with E-state index in [1.165, 1.54) is 0 Å². The van der Waals surface area contributed by atoms with Crippen LogP contribution in [0.5, 0.6) is 0 Å². The Balaban J connectivity index is 1.53. The summed E-state index contributed by atoms with van der Waals surface area (Å²) in [6, 6.07) is 6.86. The molecule has 7 heteroatoms. The number of aromatic carboxylic acids is 1. The quantitative estimate of drug-likeness (QED) is 0.880. The lowest BCUT2D eigenvalue weighted by atomic mass is 9.97. The maximum atomic E-state index is 12.5. The molecule has 0 saturated carbocycles. The van der Waals surface area contributed by atoms with Crippen LogP contribution in [0.3, 0.4) is 0 Å². The number of benzene rings is 1. The monoisotopic (exact) mass is 365 g/mol. The molecule has 0 spiro atoms. The van der Waals surface area contributed by atoms with E-state index in [1.54, 1.807) is 12.1 Å². The molecule has 1 N–H and O–H groups in total. The molecule has 25 heavy (non-hydrogen) atoms. The summed E-state index contributed by atoms with van der Waals surface area (Å²) in [6.07, 6.45) is 2.47. The highest BCUT2D eigenvalue weighted by Gasteiger charge is 2.31. The molecule has 1 unspecified atom stereocenters. The van der Waals surface area contributed by atoms with Crippen molar-refractivity contribution >= 4 is 21.7 Å². The van der Waals surface area contributed by atoms with Gasteiger partial charge in [0.1, 0.15) is 9.84 Å². The Hall–Kier alpha value is -1.89. The summed E-state index contributed by atoms with van der Waals surface area (Å²) in [6.45, 7) is 1.35. The van der Waals surface area contributed by atoms with Crippen LogP contribution in [-0.2, 0) is 14.6 Å². The van der Waals surface area contributed by atoms with Gasteiger partial charge in [-0.25, -0.2) is 13.2 Å². The number of amides is 1. The summed E-state index contributed by atoms with van der Waals surface area (Å²) in [5.41, 5.74) is 1.32. The molecule has 2 aliphatic heterocycles. The maximum absolute atomic E-state index is 12.5. The Kier molecular flexibility index (Phi) is 5.13. The van der Waals surface area contributed by atoms with Crippen LogP contribution in [0.25, 0.3) is 0 Å². The van der Waals surface area contributed by atoms with Crippen molar-refractivity contribution in [1.82, 2.24) is 4.90 Å². The second kappa shape index (κ2) is 7.15. The predicted molar refractivity (Wildman–Crippen MR) is 93.3 cm³/mol. The lowest BCUT2D eigenvalue weighted by Gasteiger charge is -2.24. The van der Waals surface area contributed by atoms with Gasteiger partial charge in [0.2, 0.25) is 5.91 Å². The third kappa shape index (κ3) is 4.39. The van der Waals surface area contributed by atoms with Gasteiger partial charge in [-0.3, -0.25) is 4.79 Å². The normalized spacial score (nSPS) is 23.5. The lowest BCUT2D eigenvalue weighted by Crippen LogP contribution is -2.32. The fraction of sp³-hybridized carbons (Fsp3) is 0.556. The number of likely N-dealkylation sites (tertiary alicyclic amines) is 1. The third-order valence-corrected chi connectivity index (χ3v) is 7.02. The van der Waals surface area contributed by atoms with Crippen LogP contribution in [0, 0.1) is 5.92 Å². The topological polar surface area (TPSA) is 91.8 Å². The van der Waals surface area contributed by atoms with E-state index < -0.39 is 15.8 Å². The van der Waals surface area contributed by atoms with Gasteiger partial charge in [-0.2, -0.15) is 0 Å². The molecule has 2 aliphatic rings. The molecule has 136 valence electrons. The van der Waals surface area contributed by atoms with E-state index >= 15 is 0 Å². The van der Waals surface area contributed by atoms with E-state index in [-0.39, 0.29) is 34.8 Å². The molecule has 1 aromatic rings. The van der Waals surface area contributed by atoms with E-state index in [4.69, 9.17) is 5.11 Å². The Morgan fingerprint density at radius 3 is 2.32 bits per heavy atom. The Morgan fingerprint density at radius 2 is 1.72 bits per heavy atom. The number of carbonyl (C=O) groups excluding carboxylic acids is 1. The van der Waals surface area contributed by atoms with Gasteiger partial charge in [0.15, 0.2) is 0 Å². The van der Waals surface area contributed by atoms with Gasteiger partial charge in [0.25, 0.3) is 0 Å². The van der Waals surface area contributed by atoms with Crippen LogP contribution in [0.1, 0.15) is 47.5 Å². The fourth-order valence-electron chi connectivity index (χ4n) is 3.68. The minimum atomic E-state index is -2.89. The third-order valence-electron chi connectivity index (χ3n) is 5.31. The number of rotatable bonds is 4. The summed E-state index contributed by atoms with van der Waals surface area (Å²) in [4.78, 5) is 25.3. The lowest BCUT2D eigenvalue weighted by molar-refractivity contribution is -0.131. The zero-order chi connectivity index (χ0) is 18.0. The molecule has 0 aromatic heterocycles. The summed E-state index contributed by atoms with van der Waals surface area (Å²) in [7, 11) is -2.89. The Morgan fingerprint density at radius 1 is 1.08 bits per heavy atom. The molecule has 0 radical (unpaired) electrons. The van der Waals surface area contributed by atoms with E-state index in [1.807, 2.05) is 17.0 Å². The molecule has 6 nitrogen and oxygen atoms in total. The molecule has 1 aromatic carbocycles. The molecule has 2 fully saturated rings. The van der Waals surface area contributed by atoms with E-state index in [0.29, 0.717) is 32.4 Å². The summed E-state index contributed by atoms with van der Waals surface area (Å²) in [5, 5.41) is 8.95. The number of carboxylic acid groups (broad SMARTS) is 1. The molecule has 1 atom stereocenters. The van der Waals surface area contributed by atoms with Gasteiger partial charge in [-0.1, -0.05) is 12.1 Å². The fourth-order valence-corrected chi connectivity index (χ4v) is 5.26. The van der Waals surface area contributed by atoms with Crippen molar-refractivity contribution in [2.24, 2.45) is 5.92 Å². The largest absolute Gasteiger partial charge is 0.478 e. The maximum Gasteiger partial charge on any atom is 0.335 e. The van der Waals surface area contributed by atoms with Crippen molar-refractivity contribution in [3.63, 3.8) is 0 Å². The highest BCUT2D eigenvalue weighted by molar-refractivity contribution is 7.91. The van der Waals surface area contributed by atoms with Crippen molar-refractivity contribution in [2.75, 3.05) is 24.6 Å². The second-order valence-electron chi connectivity index (χ2n) is 7.05. The van der Waals surface area contributed by atoms with Crippen LogP contribution in [-0.4, -0.2) is 54.9 Å². The van der Waals surface area contributed by atoms with E-state index in [2.05, 4.69) is 0 Å². The van der Waals surface area contributed by atoms with Crippen LogP contribution in [0.15, 0.2) is 24.3 Å². The number of carboxylic acids is 1. The minimum absolute atomic E-state index is 0.106. The van der Waals surface area contributed by atoms with Gasteiger partial charge < -0.3 is 10.0 Å². The highest BCUT2D eigenvalue weighted by Crippen LogP contribution is 2.29. The minimum Gasteiger partial charge on any atom is -0.478 e. The Bertz CT molecular complexity index is 742. The average molecular weight is 365 g/mol. The molecule has 3 rings (SSSR count).